The Balaban J connectivity index is 2.15. The van der Waals surface area contributed by atoms with Crippen LogP contribution in [0.4, 0.5) is 0 Å². The smallest absolute Gasteiger partial charge is 0.221 e. The van der Waals surface area contributed by atoms with Crippen molar-refractivity contribution in [2.75, 3.05) is 13.6 Å². The molecular weight excluding hydrogens is 186 g/mol. The van der Waals surface area contributed by atoms with E-state index in [2.05, 4.69) is 15.6 Å². The summed E-state index contributed by atoms with van der Waals surface area (Å²) in [5.41, 5.74) is 1.76. The molecule has 4 nitrogen and oxygen atoms in total. The van der Waals surface area contributed by atoms with Gasteiger partial charge in [0, 0.05) is 24.0 Å². The summed E-state index contributed by atoms with van der Waals surface area (Å²) in [4.78, 5) is 16.1. The average Bonchev–Trinajstić information content (AvgIpc) is 2.64. The summed E-state index contributed by atoms with van der Waals surface area (Å²) in [6.07, 6.45) is 2.29. The molecule has 0 aliphatic rings. The molecule has 0 fully saturated rings. The summed E-state index contributed by atoms with van der Waals surface area (Å²) in [6.45, 7) is 1.31. The molecule has 0 aromatic carbocycles. The quantitative estimate of drug-likeness (QED) is 0.720. The molecule has 0 spiro atoms. The van der Waals surface area contributed by atoms with Gasteiger partial charge in [0.2, 0.25) is 5.91 Å². The third-order valence-corrected chi connectivity index (χ3v) is 2.32. The van der Waals surface area contributed by atoms with Crippen molar-refractivity contribution in [3.63, 3.8) is 0 Å². The van der Waals surface area contributed by atoms with Crippen LogP contribution in [-0.4, -0.2) is 24.5 Å². The molecule has 0 aliphatic heterocycles. The minimum atomic E-state index is 0.0720. The summed E-state index contributed by atoms with van der Waals surface area (Å²) in [5, 5.41) is 5.73. The largest absolute Gasteiger partial charge is 0.351 e. The zero-order valence-electron chi connectivity index (χ0n) is 7.54. The van der Waals surface area contributed by atoms with Crippen molar-refractivity contribution in [3.8, 4) is 0 Å². The van der Waals surface area contributed by atoms with Crippen molar-refractivity contribution >= 4 is 17.2 Å². The number of nitrogens with one attached hydrogen (secondary N) is 2. The van der Waals surface area contributed by atoms with E-state index in [-0.39, 0.29) is 5.91 Å². The first-order chi connectivity index (χ1) is 6.33. The number of hydrogen-bond donors (Lipinski definition) is 2. The third kappa shape index (κ3) is 4.00. The Morgan fingerprint density at radius 2 is 2.54 bits per heavy atom. The molecule has 1 aromatic rings. The highest BCUT2D eigenvalue weighted by Crippen LogP contribution is 2.03. The Kier molecular flexibility index (Phi) is 4.42. The molecule has 0 radical (unpaired) electrons. The van der Waals surface area contributed by atoms with Gasteiger partial charge in [0.05, 0.1) is 12.1 Å². The molecule has 0 unspecified atom stereocenters. The van der Waals surface area contributed by atoms with Crippen LogP contribution in [0.2, 0.25) is 0 Å². The van der Waals surface area contributed by atoms with Gasteiger partial charge in [-0.3, -0.25) is 9.78 Å². The van der Waals surface area contributed by atoms with Gasteiger partial charge in [-0.05, 0) is 7.05 Å². The molecular formula is C8H13N3OS. The first-order valence-electron chi connectivity index (χ1n) is 4.11. The number of carbonyl (C=O) groups excluding carboxylic acids is 1. The molecule has 13 heavy (non-hydrogen) atoms. The maximum Gasteiger partial charge on any atom is 0.221 e. The molecule has 1 heterocycles. The van der Waals surface area contributed by atoms with E-state index in [1.165, 1.54) is 0 Å². The number of thiazole rings is 1. The topological polar surface area (TPSA) is 54.0 Å². The lowest BCUT2D eigenvalue weighted by Gasteiger charge is -2.01. The molecule has 1 aromatic heterocycles. The van der Waals surface area contributed by atoms with E-state index in [1.54, 1.807) is 23.0 Å². The molecule has 1 amide bonds. The van der Waals surface area contributed by atoms with E-state index in [4.69, 9.17) is 0 Å². The first kappa shape index (κ1) is 10.1. The Bertz CT molecular complexity index is 248. The highest BCUT2D eigenvalue weighted by molar-refractivity contribution is 7.09. The maximum atomic E-state index is 11.1. The summed E-state index contributed by atoms with van der Waals surface area (Å²) in [5.74, 6) is 0.0720. The first-order valence-corrected chi connectivity index (χ1v) is 4.99. The van der Waals surface area contributed by atoms with Crippen LogP contribution in [0.25, 0.3) is 0 Å². The predicted octanol–water partition coefficient (Wildman–Crippen LogP) is 0.369. The van der Waals surface area contributed by atoms with E-state index in [0.717, 1.165) is 4.88 Å². The lowest BCUT2D eigenvalue weighted by atomic mass is 10.4. The SMILES string of the molecule is CNCCC(=O)NCc1cncs1. The van der Waals surface area contributed by atoms with Crippen molar-refractivity contribution in [2.24, 2.45) is 0 Å². The third-order valence-electron chi connectivity index (χ3n) is 1.55. The van der Waals surface area contributed by atoms with E-state index in [0.29, 0.717) is 19.5 Å². The van der Waals surface area contributed by atoms with Crippen LogP contribution in [-0.2, 0) is 11.3 Å². The van der Waals surface area contributed by atoms with Crippen LogP contribution in [0, 0.1) is 0 Å². The maximum absolute atomic E-state index is 11.1. The van der Waals surface area contributed by atoms with E-state index in [1.807, 2.05) is 7.05 Å². The average molecular weight is 199 g/mol. The highest BCUT2D eigenvalue weighted by atomic mass is 32.1. The summed E-state index contributed by atoms with van der Waals surface area (Å²) >= 11 is 1.55. The summed E-state index contributed by atoms with van der Waals surface area (Å²) < 4.78 is 0. The summed E-state index contributed by atoms with van der Waals surface area (Å²) in [6, 6.07) is 0. The molecule has 0 atom stereocenters. The van der Waals surface area contributed by atoms with Gasteiger partial charge in [0.15, 0.2) is 0 Å². The van der Waals surface area contributed by atoms with Gasteiger partial charge >= 0.3 is 0 Å². The second-order valence-corrected chi connectivity index (χ2v) is 3.57. The van der Waals surface area contributed by atoms with Gasteiger partial charge in [0.25, 0.3) is 0 Å². The fourth-order valence-corrected chi connectivity index (χ4v) is 1.38. The van der Waals surface area contributed by atoms with Gasteiger partial charge in [-0.2, -0.15) is 0 Å². The number of aromatic nitrogens is 1. The van der Waals surface area contributed by atoms with Crippen molar-refractivity contribution in [1.82, 2.24) is 15.6 Å². The van der Waals surface area contributed by atoms with Crippen molar-refractivity contribution in [2.45, 2.75) is 13.0 Å². The van der Waals surface area contributed by atoms with Crippen molar-refractivity contribution in [1.29, 1.82) is 0 Å². The van der Waals surface area contributed by atoms with Crippen molar-refractivity contribution < 1.29 is 4.79 Å². The predicted molar refractivity (Wildman–Crippen MR) is 52.5 cm³/mol. The van der Waals surface area contributed by atoms with Gasteiger partial charge in [-0.15, -0.1) is 11.3 Å². The van der Waals surface area contributed by atoms with Crippen LogP contribution in [0.3, 0.4) is 0 Å². The fourth-order valence-electron chi connectivity index (χ4n) is 0.842. The van der Waals surface area contributed by atoms with Crippen molar-refractivity contribution in [3.05, 3.63) is 16.6 Å². The number of amides is 1. The van der Waals surface area contributed by atoms with Gasteiger partial charge in [-0.25, -0.2) is 0 Å². The Hall–Kier alpha value is -0.940. The molecule has 0 bridgehead atoms. The second-order valence-electron chi connectivity index (χ2n) is 2.60. The van der Waals surface area contributed by atoms with Crippen LogP contribution < -0.4 is 10.6 Å². The Morgan fingerprint density at radius 3 is 3.15 bits per heavy atom. The zero-order valence-corrected chi connectivity index (χ0v) is 8.36. The number of carbonyl (C=O) groups is 1. The molecule has 1 rings (SSSR count). The Labute approximate surface area is 81.4 Å². The fraction of sp³-hybridized carbons (Fsp3) is 0.500. The molecule has 0 aliphatic carbocycles. The lowest BCUT2D eigenvalue weighted by molar-refractivity contribution is -0.121. The van der Waals surface area contributed by atoms with E-state index < -0.39 is 0 Å². The highest BCUT2D eigenvalue weighted by Gasteiger charge is 2.00. The van der Waals surface area contributed by atoms with Crippen LogP contribution in [0.15, 0.2) is 11.7 Å². The zero-order chi connectivity index (χ0) is 9.52. The van der Waals surface area contributed by atoms with Gasteiger partial charge in [0.1, 0.15) is 0 Å². The second kappa shape index (κ2) is 5.66. The lowest BCUT2D eigenvalue weighted by Crippen LogP contribution is -2.25. The van der Waals surface area contributed by atoms with Gasteiger partial charge in [-0.1, -0.05) is 0 Å². The normalized spacial score (nSPS) is 9.92. The van der Waals surface area contributed by atoms with Gasteiger partial charge < -0.3 is 10.6 Å². The Morgan fingerprint density at radius 1 is 1.69 bits per heavy atom. The van der Waals surface area contributed by atoms with Crippen LogP contribution in [0.1, 0.15) is 11.3 Å². The van der Waals surface area contributed by atoms with E-state index in [9.17, 15) is 4.79 Å². The number of hydrogen-bond acceptors (Lipinski definition) is 4. The minimum Gasteiger partial charge on any atom is -0.351 e. The molecule has 2 N–H and O–H groups in total. The number of rotatable bonds is 5. The molecule has 5 heteroatoms. The summed E-state index contributed by atoms with van der Waals surface area (Å²) in [7, 11) is 1.83. The van der Waals surface area contributed by atoms with Crippen LogP contribution >= 0.6 is 11.3 Å². The monoisotopic (exact) mass is 199 g/mol. The minimum absolute atomic E-state index is 0.0720. The standard InChI is InChI=1S/C8H13N3OS/c1-9-3-2-8(12)11-5-7-4-10-6-13-7/h4,6,9H,2-3,5H2,1H3,(H,11,12). The van der Waals surface area contributed by atoms with E-state index >= 15 is 0 Å². The van der Waals surface area contributed by atoms with Crippen LogP contribution in [0.5, 0.6) is 0 Å². The number of nitrogens with zero attached hydrogens (tertiary/aromatic N) is 1. The molecule has 0 saturated heterocycles. The molecule has 0 saturated carbocycles. The molecule has 72 valence electrons.